The van der Waals surface area contributed by atoms with Crippen LogP contribution >= 0.6 is 11.6 Å². The Morgan fingerprint density at radius 2 is 1.77 bits per heavy atom. The lowest BCUT2D eigenvalue weighted by atomic mass is 10.2. The van der Waals surface area contributed by atoms with Gasteiger partial charge < -0.3 is 4.40 Å². The summed E-state index contributed by atoms with van der Waals surface area (Å²) in [4.78, 5) is 6.24. The van der Waals surface area contributed by atoms with E-state index in [2.05, 4.69) is 9.88 Å². The fourth-order valence-corrected chi connectivity index (χ4v) is 5.29. The van der Waals surface area contributed by atoms with E-state index in [9.17, 15) is 21.6 Å². The number of hydrogen-bond acceptors (Lipinski definition) is 4. The molecular weight excluding hydrogens is 453 g/mol. The summed E-state index contributed by atoms with van der Waals surface area (Å²) in [5.74, 6) is 0. The molecular formula is C20H20ClF3N4O2S. The number of benzene rings is 1. The zero-order chi connectivity index (χ0) is 22.4. The lowest BCUT2D eigenvalue weighted by Gasteiger charge is -2.33. The monoisotopic (exact) mass is 472 g/mol. The molecule has 4 rings (SSSR count). The number of halogens is 4. The Morgan fingerprint density at radius 3 is 2.45 bits per heavy atom. The van der Waals surface area contributed by atoms with E-state index in [1.807, 2.05) is 35.9 Å². The zero-order valence-corrected chi connectivity index (χ0v) is 18.2. The van der Waals surface area contributed by atoms with Gasteiger partial charge in [0.15, 0.2) is 0 Å². The first-order valence-electron chi connectivity index (χ1n) is 9.57. The van der Waals surface area contributed by atoms with Gasteiger partial charge in [0.05, 0.1) is 21.2 Å². The summed E-state index contributed by atoms with van der Waals surface area (Å²) in [6.45, 7) is 3.82. The molecule has 0 atom stereocenters. The fraction of sp³-hybridized carbons (Fsp3) is 0.350. The van der Waals surface area contributed by atoms with Gasteiger partial charge in [-0.05, 0) is 36.8 Å². The quantitative estimate of drug-likeness (QED) is 0.579. The van der Waals surface area contributed by atoms with Crippen LogP contribution in [0.4, 0.5) is 13.2 Å². The van der Waals surface area contributed by atoms with Crippen LogP contribution in [0.1, 0.15) is 16.8 Å². The van der Waals surface area contributed by atoms with Gasteiger partial charge in [0, 0.05) is 45.1 Å². The summed E-state index contributed by atoms with van der Waals surface area (Å²) in [6.07, 6.45) is -0.802. The number of aryl methyl sites for hydroxylation is 1. The Morgan fingerprint density at radius 1 is 1.06 bits per heavy atom. The van der Waals surface area contributed by atoms with Gasteiger partial charge in [-0.1, -0.05) is 17.7 Å². The van der Waals surface area contributed by atoms with Crippen molar-refractivity contribution in [2.24, 2.45) is 0 Å². The van der Waals surface area contributed by atoms with E-state index in [0.29, 0.717) is 25.7 Å². The van der Waals surface area contributed by atoms with Crippen molar-refractivity contribution in [3.63, 3.8) is 0 Å². The topological polar surface area (TPSA) is 57.9 Å². The van der Waals surface area contributed by atoms with Crippen LogP contribution in [0.25, 0.3) is 5.65 Å². The maximum absolute atomic E-state index is 13.1. The third-order valence-electron chi connectivity index (χ3n) is 5.25. The summed E-state index contributed by atoms with van der Waals surface area (Å²) in [5, 5.41) is -0.529. The third-order valence-corrected chi connectivity index (χ3v) is 7.47. The van der Waals surface area contributed by atoms with Gasteiger partial charge >= 0.3 is 6.18 Å². The van der Waals surface area contributed by atoms with Crippen molar-refractivity contribution in [1.82, 2.24) is 18.6 Å². The van der Waals surface area contributed by atoms with E-state index in [-0.39, 0.29) is 13.1 Å². The molecule has 31 heavy (non-hydrogen) atoms. The number of aromatic nitrogens is 2. The number of sulfonamides is 1. The molecule has 0 unspecified atom stereocenters. The first-order chi connectivity index (χ1) is 14.5. The average Bonchev–Trinajstić information content (AvgIpc) is 3.09. The predicted octanol–water partition coefficient (Wildman–Crippen LogP) is 3.82. The largest absolute Gasteiger partial charge is 0.417 e. The lowest BCUT2D eigenvalue weighted by Crippen LogP contribution is -2.48. The van der Waals surface area contributed by atoms with Crippen molar-refractivity contribution in [3.8, 4) is 0 Å². The highest BCUT2D eigenvalue weighted by Crippen LogP contribution is 2.36. The molecule has 0 amide bonds. The molecule has 166 valence electrons. The summed E-state index contributed by atoms with van der Waals surface area (Å²) < 4.78 is 68.2. The van der Waals surface area contributed by atoms with E-state index in [4.69, 9.17) is 11.6 Å². The molecule has 0 aliphatic carbocycles. The minimum Gasteiger partial charge on any atom is -0.307 e. The van der Waals surface area contributed by atoms with Crippen molar-refractivity contribution < 1.29 is 21.6 Å². The molecule has 1 saturated heterocycles. The predicted molar refractivity (Wildman–Crippen MR) is 110 cm³/mol. The standard InChI is InChI=1S/C20H20ClF3N4O2S/c1-14-2-5-19-25-15(13-27(19)11-14)12-26-6-8-28(9-7-26)31(29,30)16-3-4-18(21)17(10-16)20(22,23)24/h2-5,10-11,13H,6-9,12H2,1H3. The number of rotatable bonds is 4. The number of piperazine rings is 1. The normalized spacial score (nSPS) is 16.8. The smallest absolute Gasteiger partial charge is 0.307 e. The maximum Gasteiger partial charge on any atom is 0.417 e. The maximum atomic E-state index is 13.1. The van der Waals surface area contributed by atoms with Gasteiger partial charge in [-0.3, -0.25) is 4.90 Å². The molecule has 1 aliphatic rings. The second-order valence-corrected chi connectivity index (χ2v) is 9.87. The minimum absolute atomic E-state index is 0.179. The summed E-state index contributed by atoms with van der Waals surface area (Å²) in [6, 6.07) is 6.60. The van der Waals surface area contributed by atoms with Crippen molar-refractivity contribution in [1.29, 1.82) is 0 Å². The molecule has 3 aromatic rings. The van der Waals surface area contributed by atoms with Crippen LogP contribution < -0.4 is 0 Å². The summed E-state index contributed by atoms with van der Waals surface area (Å²) in [5.41, 5.74) is 1.67. The van der Waals surface area contributed by atoms with E-state index in [0.717, 1.165) is 29.0 Å². The molecule has 6 nitrogen and oxygen atoms in total. The first-order valence-corrected chi connectivity index (χ1v) is 11.4. The van der Waals surface area contributed by atoms with Gasteiger partial charge in [0.25, 0.3) is 0 Å². The Kier molecular flexibility index (Phi) is 5.76. The van der Waals surface area contributed by atoms with Crippen molar-refractivity contribution in [2.45, 2.75) is 24.5 Å². The highest BCUT2D eigenvalue weighted by atomic mass is 35.5. The molecule has 2 aromatic heterocycles. The van der Waals surface area contributed by atoms with Crippen LogP contribution in [0.15, 0.2) is 47.6 Å². The highest BCUT2D eigenvalue weighted by Gasteiger charge is 2.36. The van der Waals surface area contributed by atoms with Crippen LogP contribution in [-0.4, -0.2) is 53.2 Å². The van der Waals surface area contributed by atoms with Gasteiger partial charge in [-0.2, -0.15) is 17.5 Å². The van der Waals surface area contributed by atoms with E-state index in [1.165, 1.54) is 4.31 Å². The number of alkyl halides is 3. The SMILES string of the molecule is Cc1ccc2nc(CN3CCN(S(=O)(=O)c4ccc(Cl)c(C(F)(F)F)c4)CC3)cn2c1. The molecule has 1 aliphatic heterocycles. The molecule has 3 heterocycles. The lowest BCUT2D eigenvalue weighted by molar-refractivity contribution is -0.137. The Hall–Kier alpha value is -2.14. The number of nitrogens with zero attached hydrogens (tertiary/aromatic N) is 4. The zero-order valence-electron chi connectivity index (χ0n) is 16.6. The number of imidazole rings is 1. The van der Waals surface area contributed by atoms with Crippen LogP contribution in [0.3, 0.4) is 0 Å². The van der Waals surface area contributed by atoms with Gasteiger partial charge in [0.2, 0.25) is 10.0 Å². The molecule has 0 N–H and O–H groups in total. The first kappa shape index (κ1) is 22.1. The Labute approximate surface area is 182 Å². The molecule has 11 heteroatoms. The number of hydrogen-bond donors (Lipinski definition) is 0. The van der Waals surface area contributed by atoms with Crippen LogP contribution in [0.2, 0.25) is 5.02 Å². The number of fused-ring (bicyclic) bond motifs is 1. The second kappa shape index (κ2) is 8.09. The van der Waals surface area contributed by atoms with Gasteiger partial charge in [-0.25, -0.2) is 13.4 Å². The highest BCUT2D eigenvalue weighted by molar-refractivity contribution is 7.89. The molecule has 0 saturated carbocycles. The summed E-state index contributed by atoms with van der Waals surface area (Å²) >= 11 is 5.61. The Balaban J connectivity index is 1.45. The van der Waals surface area contributed by atoms with Crippen LogP contribution in [-0.2, 0) is 22.7 Å². The third kappa shape index (κ3) is 4.57. The molecule has 1 aromatic carbocycles. The van der Waals surface area contributed by atoms with E-state index < -0.39 is 31.7 Å². The molecule has 0 spiro atoms. The molecule has 0 radical (unpaired) electrons. The average molecular weight is 473 g/mol. The second-order valence-electron chi connectivity index (χ2n) is 7.52. The van der Waals surface area contributed by atoms with Crippen molar-refractivity contribution in [3.05, 3.63) is 64.6 Å². The van der Waals surface area contributed by atoms with Crippen molar-refractivity contribution >= 4 is 27.3 Å². The van der Waals surface area contributed by atoms with Crippen molar-refractivity contribution in [2.75, 3.05) is 26.2 Å². The summed E-state index contributed by atoms with van der Waals surface area (Å²) in [7, 11) is -4.05. The van der Waals surface area contributed by atoms with Crippen LogP contribution in [0.5, 0.6) is 0 Å². The Bertz CT molecular complexity index is 1220. The van der Waals surface area contributed by atoms with Gasteiger partial charge in [0.1, 0.15) is 5.65 Å². The van der Waals surface area contributed by atoms with Gasteiger partial charge in [-0.15, -0.1) is 0 Å². The number of pyridine rings is 1. The van der Waals surface area contributed by atoms with Crippen LogP contribution in [0, 0.1) is 6.92 Å². The minimum atomic E-state index is -4.73. The van der Waals surface area contributed by atoms with E-state index in [1.54, 1.807) is 0 Å². The molecule has 1 fully saturated rings. The fourth-order valence-electron chi connectivity index (χ4n) is 3.62. The van der Waals surface area contributed by atoms with E-state index >= 15 is 0 Å². The molecule has 0 bridgehead atoms.